The maximum absolute atomic E-state index is 11.4. The van der Waals surface area contributed by atoms with Crippen LogP contribution in [0.15, 0.2) is 42.5 Å². The third-order valence-corrected chi connectivity index (χ3v) is 6.07. The standard InChI is InChI=1S/C26H34ClNO4.ClH/c1-2-31-26(30)9-4-3-5-14-32-24-13-11-19-10-12-23(16-21(19)17-24)28-18-25(29)20-7-6-8-22(27)15-20;/h6-8,11,13,15,17,23,25,28-29H,2-5,9-10,12,14,16,18H2,1H3;1H. The van der Waals surface area contributed by atoms with Gasteiger partial charge in [-0.1, -0.05) is 29.8 Å². The summed E-state index contributed by atoms with van der Waals surface area (Å²) in [7, 11) is 0. The zero-order valence-electron chi connectivity index (χ0n) is 19.2. The minimum atomic E-state index is -0.575. The van der Waals surface area contributed by atoms with E-state index in [1.807, 2.05) is 37.3 Å². The number of rotatable bonds is 12. The molecule has 0 saturated carbocycles. The van der Waals surface area contributed by atoms with Crippen molar-refractivity contribution in [2.45, 2.75) is 64.0 Å². The van der Waals surface area contributed by atoms with Gasteiger partial charge in [0.15, 0.2) is 0 Å². The number of aliphatic hydroxyl groups excluding tert-OH is 1. The molecular formula is C26H35Cl2NO4. The highest BCUT2D eigenvalue weighted by Crippen LogP contribution is 2.26. The molecule has 1 aliphatic carbocycles. The van der Waals surface area contributed by atoms with Crippen LogP contribution in [-0.4, -0.2) is 36.9 Å². The van der Waals surface area contributed by atoms with E-state index >= 15 is 0 Å². The Morgan fingerprint density at radius 1 is 1.18 bits per heavy atom. The number of carbonyl (C=O) groups is 1. The number of halogens is 2. The first-order valence-electron chi connectivity index (χ1n) is 11.6. The maximum atomic E-state index is 11.4. The number of hydrogen-bond donors (Lipinski definition) is 2. The largest absolute Gasteiger partial charge is 0.494 e. The zero-order chi connectivity index (χ0) is 22.8. The summed E-state index contributed by atoms with van der Waals surface area (Å²) < 4.78 is 10.9. The Morgan fingerprint density at radius 2 is 2.03 bits per heavy atom. The van der Waals surface area contributed by atoms with Gasteiger partial charge in [0.2, 0.25) is 0 Å². The van der Waals surface area contributed by atoms with Crippen molar-refractivity contribution in [3.8, 4) is 5.75 Å². The molecule has 2 N–H and O–H groups in total. The molecule has 5 nitrogen and oxygen atoms in total. The third kappa shape index (κ3) is 9.17. The van der Waals surface area contributed by atoms with Crippen molar-refractivity contribution in [1.82, 2.24) is 5.32 Å². The quantitative estimate of drug-likeness (QED) is 0.302. The van der Waals surface area contributed by atoms with Gasteiger partial charge < -0.3 is 19.9 Å². The van der Waals surface area contributed by atoms with Crippen molar-refractivity contribution in [1.29, 1.82) is 0 Å². The van der Waals surface area contributed by atoms with Crippen molar-refractivity contribution in [2.75, 3.05) is 19.8 Å². The molecule has 0 aliphatic heterocycles. The summed E-state index contributed by atoms with van der Waals surface area (Å²) in [4.78, 5) is 11.4. The Labute approximate surface area is 208 Å². The molecule has 0 radical (unpaired) electrons. The second-order valence-electron chi connectivity index (χ2n) is 8.31. The van der Waals surface area contributed by atoms with Gasteiger partial charge in [-0.15, -0.1) is 12.4 Å². The Kier molecular flexibility index (Phi) is 12.0. The smallest absolute Gasteiger partial charge is 0.305 e. The van der Waals surface area contributed by atoms with Gasteiger partial charge in [0.1, 0.15) is 5.75 Å². The van der Waals surface area contributed by atoms with E-state index < -0.39 is 6.10 Å². The number of esters is 1. The topological polar surface area (TPSA) is 67.8 Å². The van der Waals surface area contributed by atoms with Crippen molar-refractivity contribution in [3.05, 3.63) is 64.2 Å². The average Bonchev–Trinajstić information content (AvgIpc) is 2.79. The molecule has 0 heterocycles. The number of unbranched alkanes of at least 4 members (excludes halogenated alkanes) is 2. The number of aliphatic hydroxyl groups is 1. The van der Waals surface area contributed by atoms with Crippen LogP contribution in [-0.2, 0) is 22.4 Å². The van der Waals surface area contributed by atoms with Crippen LogP contribution in [0.3, 0.4) is 0 Å². The number of ether oxygens (including phenoxy) is 2. The number of benzene rings is 2. The van der Waals surface area contributed by atoms with Crippen LogP contribution in [0.25, 0.3) is 0 Å². The molecule has 0 spiro atoms. The lowest BCUT2D eigenvalue weighted by Crippen LogP contribution is -2.37. The summed E-state index contributed by atoms with van der Waals surface area (Å²) in [6, 6.07) is 14.1. The summed E-state index contributed by atoms with van der Waals surface area (Å²) in [5.74, 6) is 0.778. The van der Waals surface area contributed by atoms with E-state index in [-0.39, 0.29) is 18.4 Å². The molecule has 2 atom stereocenters. The molecule has 0 bridgehead atoms. The number of nitrogens with one attached hydrogen (secondary N) is 1. The summed E-state index contributed by atoms with van der Waals surface area (Å²) in [5, 5.41) is 14.6. The second-order valence-corrected chi connectivity index (χ2v) is 8.75. The highest BCUT2D eigenvalue weighted by atomic mass is 35.5. The van der Waals surface area contributed by atoms with Gasteiger partial charge >= 0.3 is 5.97 Å². The van der Waals surface area contributed by atoms with Gasteiger partial charge in [-0.05, 0) is 86.4 Å². The van der Waals surface area contributed by atoms with Gasteiger partial charge in [-0.3, -0.25) is 4.79 Å². The second kappa shape index (κ2) is 14.5. The molecule has 0 amide bonds. The van der Waals surface area contributed by atoms with Crippen molar-refractivity contribution in [2.24, 2.45) is 0 Å². The van der Waals surface area contributed by atoms with Crippen LogP contribution in [0.2, 0.25) is 5.02 Å². The highest BCUT2D eigenvalue weighted by molar-refractivity contribution is 6.30. The van der Waals surface area contributed by atoms with Crippen LogP contribution in [0, 0.1) is 0 Å². The van der Waals surface area contributed by atoms with Gasteiger partial charge in [0, 0.05) is 24.0 Å². The van der Waals surface area contributed by atoms with E-state index in [1.54, 1.807) is 0 Å². The Balaban J connectivity index is 0.00000385. The predicted octanol–water partition coefficient (Wildman–Crippen LogP) is 5.44. The first-order valence-corrected chi connectivity index (χ1v) is 12.0. The van der Waals surface area contributed by atoms with Crippen molar-refractivity contribution in [3.63, 3.8) is 0 Å². The normalized spacial score (nSPS) is 15.8. The summed E-state index contributed by atoms with van der Waals surface area (Å²) in [6.45, 7) is 3.42. The molecule has 2 unspecified atom stereocenters. The molecule has 1 aliphatic rings. The highest BCUT2D eigenvalue weighted by Gasteiger charge is 2.20. The number of hydrogen-bond acceptors (Lipinski definition) is 5. The van der Waals surface area contributed by atoms with E-state index in [4.69, 9.17) is 21.1 Å². The number of aryl methyl sites for hydroxylation is 1. The molecule has 33 heavy (non-hydrogen) atoms. The molecule has 182 valence electrons. The van der Waals surface area contributed by atoms with E-state index in [2.05, 4.69) is 17.4 Å². The average molecular weight is 496 g/mol. The molecule has 3 rings (SSSR count). The summed E-state index contributed by atoms with van der Waals surface area (Å²) in [6.07, 6.45) is 5.60. The Morgan fingerprint density at radius 3 is 2.82 bits per heavy atom. The fourth-order valence-electron chi connectivity index (χ4n) is 4.08. The molecule has 0 aromatic heterocycles. The van der Waals surface area contributed by atoms with Crippen molar-refractivity contribution >= 4 is 30.0 Å². The first-order chi connectivity index (χ1) is 15.5. The monoisotopic (exact) mass is 495 g/mol. The number of carbonyl (C=O) groups excluding carboxylic acids is 1. The fourth-order valence-corrected chi connectivity index (χ4v) is 4.28. The minimum Gasteiger partial charge on any atom is -0.494 e. The van der Waals surface area contributed by atoms with Gasteiger partial charge in [-0.25, -0.2) is 0 Å². The summed E-state index contributed by atoms with van der Waals surface area (Å²) in [5.41, 5.74) is 3.52. The predicted molar refractivity (Wildman–Crippen MR) is 135 cm³/mol. The van der Waals surface area contributed by atoms with Crippen molar-refractivity contribution < 1.29 is 19.4 Å². The summed E-state index contributed by atoms with van der Waals surface area (Å²) >= 11 is 6.03. The molecule has 2 aromatic rings. The zero-order valence-corrected chi connectivity index (χ0v) is 20.8. The van der Waals surface area contributed by atoms with E-state index in [0.717, 1.165) is 49.8 Å². The van der Waals surface area contributed by atoms with E-state index in [9.17, 15) is 9.90 Å². The lowest BCUT2D eigenvalue weighted by Gasteiger charge is -2.27. The minimum absolute atomic E-state index is 0. The van der Waals surface area contributed by atoms with E-state index in [0.29, 0.717) is 37.2 Å². The molecule has 2 aromatic carbocycles. The first kappa shape index (κ1) is 27.5. The fraction of sp³-hybridized carbons (Fsp3) is 0.500. The maximum Gasteiger partial charge on any atom is 0.305 e. The third-order valence-electron chi connectivity index (χ3n) is 5.84. The van der Waals surface area contributed by atoms with Gasteiger partial charge in [0.05, 0.1) is 19.3 Å². The molecular weight excluding hydrogens is 461 g/mol. The molecule has 7 heteroatoms. The lowest BCUT2D eigenvalue weighted by atomic mass is 9.88. The van der Waals surface area contributed by atoms with Crippen LogP contribution in [0.1, 0.15) is 61.8 Å². The Hall–Kier alpha value is -1.79. The SMILES string of the molecule is CCOC(=O)CCCCCOc1ccc2c(c1)CC(NCC(O)c1cccc(Cl)c1)CC2.Cl. The molecule has 0 saturated heterocycles. The van der Waals surface area contributed by atoms with Crippen LogP contribution < -0.4 is 10.1 Å². The van der Waals surface area contributed by atoms with Crippen LogP contribution in [0.4, 0.5) is 0 Å². The van der Waals surface area contributed by atoms with Crippen LogP contribution in [0.5, 0.6) is 5.75 Å². The molecule has 0 fully saturated rings. The number of fused-ring (bicyclic) bond motifs is 1. The van der Waals surface area contributed by atoms with Gasteiger partial charge in [0.25, 0.3) is 0 Å². The van der Waals surface area contributed by atoms with E-state index in [1.165, 1.54) is 11.1 Å². The van der Waals surface area contributed by atoms with Gasteiger partial charge in [-0.2, -0.15) is 0 Å². The lowest BCUT2D eigenvalue weighted by molar-refractivity contribution is -0.143. The van der Waals surface area contributed by atoms with Crippen LogP contribution >= 0.6 is 24.0 Å². The Bertz CT molecular complexity index is 877.